The Morgan fingerprint density at radius 1 is 1.19 bits per heavy atom. The Morgan fingerprint density at radius 3 is 2.19 bits per heavy atom. The Morgan fingerprint density at radius 2 is 1.76 bits per heavy atom. The molecule has 0 fully saturated rings. The first kappa shape index (κ1) is 22.5. The second-order valence-corrected chi connectivity index (χ2v) is 5.92. The Labute approximate surface area is 133 Å². The first-order valence-electron chi connectivity index (χ1n) is 7.57. The van der Waals surface area contributed by atoms with Gasteiger partial charge < -0.3 is 14.8 Å². The van der Waals surface area contributed by atoms with Crippen LogP contribution in [-0.2, 0) is 19.1 Å². The van der Waals surface area contributed by atoms with Gasteiger partial charge in [-0.05, 0) is 26.0 Å². The van der Waals surface area contributed by atoms with E-state index in [0.717, 1.165) is 5.75 Å². The van der Waals surface area contributed by atoms with Crippen molar-refractivity contribution in [3.8, 4) is 0 Å². The average Bonchev–Trinajstić information content (AvgIpc) is 2.47. The average molecular weight is 321 g/mol. The van der Waals surface area contributed by atoms with Gasteiger partial charge in [-0.3, -0.25) is 4.79 Å². The molecule has 0 saturated carbocycles. The van der Waals surface area contributed by atoms with Gasteiger partial charge in [-0.1, -0.05) is 27.7 Å². The summed E-state index contributed by atoms with van der Waals surface area (Å²) >= 11 is 1.77. The topological polar surface area (TPSA) is 64.6 Å². The predicted molar refractivity (Wildman–Crippen MR) is 88.6 cm³/mol. The number of thioether (sulfide) groups is 1. The molecule has 0 bridgehead atoms. The van der Waals surface area contributed by atoms with Gasteiger partial charge in [0.25, 0.3) is 0 Å². The molecule has 3 unspecified atom stereocenters. The molecule has 0 aromatic heterocycles. The Kier molecular flexibility index (Phi) is 15.2. The molecule has 0 radical (unpaired) electrons. The van der Waals surface area contributed by atoms with E-state index in [4.69, 9.17) is 9.47 Å². The van der Waals surface area contributed by atoms with E-state index in [-0.39, 0.29) is 5.91 Å². The Hall–Kier alpha value is -0.750. The zero-order chi connectivity index (χ0) is 16.8. The molecule has 0 heterocycles. The largest absolute Gasteiger partial charge is 0.464 e. The van der Waals surface area contributed by atoms with Crippen molar-refractivity contribution in [2.45, 2.75) is 65.4 Å². The van der Waals surface area contributed by atoms with Crippen molar-refractivity contribution in [1.29, 1.82) is 0 Å². The van der Waals surface area contributed by atoms with Gasteiger partial charge in [-0.25, -0.2) is 4.79 Å². The number of methoxy groups -OCH3 is 1. The third kappa shape index (κ3) is 10.6. The minimum atomic E-state index is -0.653. The molecule has 6 heteroatoms. The molecule has 21 heavy (non-hydrogen) atoms. The van der Waals surface area contributed by atoms with Crippen LogP contribution in [0.15, 0.2) is 0 Å². The number of amides is 1. The maximum Gasteiger partial charge on any atom is 0.328 e. The van der Waals surface area contributed by atoms with E-state index in [1.165, 1.54) is 7.11 Å². The molecule has 1 N–H and O–H groups in total. The highest BCUT2D eigenvalue weighted by molar-refractivity contribution is 7.99. The second-order valence-electron chi connectivity index (χ2n) is 4.21. The third-order valence-electron chi connectivity index (χ3n) is 2.57. The molecule has 0 saturated heterocycles. The molecule has 0 aliphatic carbocycles. The highest BCUT2D eigenvalue weighted by Crippen LogP contribution is 2.16. The molecular formula is C15H31NO4S. The molecule has 0 aromatic rings. The zero-order valence-corrected chi connectivity index (χ0v) is 15.2. The van der Waals surface area contributed by atoms with E-state index in [0.29, 0.717) is 18.3 Å². The molecule has 5 nitrogen and oxygen atoms in total. The lowest BCUT2D eigenvalue weighted by atomic mass is 10.2. The number of carbonyl (C=O) groups is 2. The van der Waals surface area contributed by atoms with Gasteiger partial charge in [0.1, 0.15) is 12.1 Å². The van der Waals surface area contributed by atoms with Crippen LogP contribution in [0.25, 0.3) is 0 Å². The standard InChI is InChI=1S/C13H25NO4S.C2H6/c1-6-18-13(16)10(4)14-12(15)11(17-5)8-9(3)19-7-2;1-2/h9-11H,6-8H2,1-5H3,(H,14,15);1-2H3. The smallest absolute Gasteiger partial charge is 0.328 e. The van der Waals surface area contributed by atoms with Crippen molar-refractivity contribution in [1.82, 2.24) is 5.32 Å². The van der Waals surface area contributed by atoms with E-state index in [1.54, 1.807) is 25.6 Å². The first-order chi connectivity index (χ1) is 9.96. The van der Waals surface area contributed by atoms with E-state index in [2.05, 4.69) is 19.2 Å². The molecule has 0 spiro atoms. The lowest BCUT2D eigenvalue weighted by Gasteiger charge is -2.20. The quantitative estimate of drug-likeness (QED) is 0.661. The summed E-state index contributed by atoms with van der Waals surface area (Å²) in [6.07, 6.45) is 0.0852. The van der Waals surface area contributed by atoms with Crippen LogP contribution < -0.4 is 5.32 Å². The number of nitrogens with one attached hydrogen (secondary N) is 1. The van der Waals surface area contributed by atoms with E-state index >= 15 is 0 Å². The maximum absolute atomic E-state index is 12.0. The predicted octanol–water partition coefficient (Wildman–Crippen LogP) is 2.63. The number of hydrogen-bond acceptors (Lipinski definition) is 5. The van der Waals surface area contributed by atoms with Gasteiger partial charge in [-0.15, -0.1) is 0 Å². The zero-order valence-electron chi connectivity index (χ0n) is 14.4. The SMILES string of the molecule is CC.CCOC(=O)C(C)NC(=O)C(CC(C)SCC)OC. The van der Waals surface area contributed by atoms with Crippen LogP contribution in [0.3, 0.4) is 0 Å². The van der Waals surface area contributed by atoms with Gasteiger partial charge in [-0.2, -0.15) is 11.8 Å². The summed E-state index contributed by atoms with van der Waals surface area (Å²) in [6.45, 7) is 11.8. The van der Waals surface area contributed by atoms with Crippen LogP contribution in [0.1, 0.15) is 48.0 Å². The number of rotatable bonds is 9. The Balaban J connectivity index is 0. The molecule has 126 valence electrons. The van der Waals surface area contributed by atoms with E-state index in [9.17, 15) is 9.59 Å². The summed E-state index contributed by atoms with van der Waals surface area (Å²) in [4.78, 5) is 23.4. The summed E-state index contributed by atoms with van der Waals surface area (Å²) < 4.78 is 10.0. The summed E-state index contributed by atoms with van der Waals surface area (Å²) in [5, 5.41) is 2.95. The third-order valence-corrected chi connectivity index (χ3v) is 3.67. The minimum absolute atomic E-state index is 0.272. The maximum atomic E-state index is 12.0. The van der Waals surface area contributed by atoms with Crippen molar-refractivity contribution in [3.05, 3.63) is 0 Å². The minimum Gasteiger partial charge on any atom is -0.464 e. The van der Waals surface area contributed by atoms with Crippen molar-refractivity contribution in [2.75, 3.05) is 19.5 Å². The fourth-order valence-electron chi connectivity index (χ4n) is 1.60. The highest BCUT2D eigenvalue weighted by Gasteiger charge is 2.24. The summed E-state index contributed by atoms with van der Waals surface area (Å²) in [6, 6.07) is -0.653. The lowest BCUT2D eigenvalue weighted by Crippen LogP contribution is -2.45. The van der Waals surface area contributed by atoms with Gasteiger partial charge in [0, 0.05) is 12.4 Å². The van der Waals surface area contributed by atoms with Crippen LogP contribution in [0, 0.1) is 0 Å². The lowest BCUT2D eigenvalue weighted by molar-refractivity contribution is -0.148. The van der Waals surface area contributed by atoms with Crippen molar-refractivity contribution in [2.24, 2.45) is 0 Å². The van der Waals surface area contributed by atoms with Gasteiger partial charge in [0.05, 0.1) is 6.61 Å². The number of hydrogen-bond donors (Lipinski definition) is 1. The molecule has 0 rings (SSSR count). The second kappa shape index (κ2) is 14.2. The molecule has 3 atom stereocenters. The Bertz CT molecular complexity index is 287. The van der Waals surface area contributed by atoms with Crippen molar-refractivity contribution < 1.29 is 19.1 Å². The number of esters is 1. The summed E-state index contributed by atoms with van der Waals surface area (Å²) in [5.41, 5.74) is 0. The summed E-state index contributed by atoms with van der Waals surface area (Å²) in [5.74, 6) is 0.298. The summed E-state index contributed by atoms with van der Waals surface area (Å²) in [7, 11) is 1.50. The van der Waals surface area contributed by atoms with Crippen molar-refractivity contribution >= 4 is 23.6 Å². The van der Waals surface area contributed by atoms with E-state index < -0.39 is 18.1 Å². The van der Waals surface area contributed by atoms with Crippen LogP contribution in [0.2, 0.25) is 0 Å². The number of carbonyl (C=O) groups excluding carboxylic acids is 2. The molecule has 0 aliphatic heterocycles. The van der Waals surface area contributed by atoms with Gasteiger partial charge in [0.15, 0.2) is 0 Å². The molecule has 0 aliphatic rings. The fourth-order valence-corrected chi connectivity index (χ4v) is 2.48. The van der Waals surface area contributed by atoms with Crippen LogP contribution in [0.5, 0.6) is 0 Å². The van der Waals surface area contributed by atoms with Crippen LogP contribution in [-0.4, -0.2) is 48.7 Å². The highest BCUT2D eigenvalue weighted by atomic mass is 32.2. The fraction of sp³-hybridized carbons (Fsp3) is 0.867. The van der Waals surface area contributed by atoms with Gasteiger partial charge >= 0.3 is 5.97 Å². The first-order valence-corrected chi connectivity index (χ1v) is 8.62. The van der Waals surface area contributed by atoms with Crippen molar-refractivity contribution in [3.63, 3.8) is 0 Å². The van der Waals surface area contributed by atoms with E-state index in [1.807, 2.05) is 13.8 Å². The molecule has 0 aromatic carbocycles. The van der Waals surface area contributed by atoms with Crippen LogP contribution in [0.4, 0.5) is 0 Å². The van der Waals surface area contributed by atoms with Gasteiger partial charge in [0.2, 0.25) is 5.91 Å². The number of ether oxygens (including phenoxy) is 2. The normalized spacial score (nSPS) is 14.2. The molecule has 1 amide bonds. The van der Waals surface area contributed by atoms with Crippen LogP contribution >= 0.6 is 11.8 Å². The monoisotopic (exact) mass is 321 g/mol. The molecular weight excluding hydrogens is 290 g/mol.